The van der Waals surface area contributed by atoms with Crippen molar-refractivity contribution in [3.05, 3.63) is 43.3 Å². The van der Waals surface area contributed by atoms with E-state index in [0.29, 0.717) is 5.92 Å². The van der Waals surface area contributed by atoms with E-state index in [1.165, 1.54) is 16.7 Å². The third-order valence-electron chi connectivity index (χ3n) is 3.32. The molecule has 1 unspecified atom stereocenters. The Kier molecular flexibility index (Phi) is 6.71. The molecule has 0 heterocycles. The van der Waals surface area contributed by atoms with E-state index in [0.717, 1.165) is 6.42 Å². The van der Waals surface area contributed by atoms with Gasteiger partial charge in [-0.15, -0.1) is 0 Å². The minimum atomic E-state index is 0. The molecule has 2 rings (SSSR count). The van der Waals surface area contributed by atoms with Crippen molar-refractivity contribution in [3.8, 4) is 0 Å². The van der Waals surface area contributed by atoms with Crippen LogP contribution in [0.15, 0.2) is 43.3 Å². The summed E-state index contributed by atoms with van der Waals surface area (Å²) in [6, 6.07) is 0. The van der Waals surface area contributed by atoms with Crippen molar-refractivity contribution in [3.63, 3.8) is 0 Å². The van der Waals surface area contributed by atoms with Crippen LogP contribution in [0, 0.1) is 5.92 Å². The maximum Gasteiger partial charge on any atom is -1.00 e. The van der Waals surface area contributed by atoms with Crippen LogP contribution < -0.4 is 24.8 Å². The van der Waals surface area contributed by atoms with Crippen molar-refractivity contribution in [1.82, 2.24) is 0 Å². The number of halogens is 2. The molecule has 0 fully saturated rings. The van der Waals surface area contributed by atoms with Crippen LogP contribution in [0.1, 0.15) is 34.1 Å². The molecule has 91 valence electrons. The first-order valence-electron chi connectivity index (χ1n) is 5.52. The molecule has 0 aliphatic heterocycles. The second-order valence-corrected chi connectivity index (χ2v) is 6.08. The van der Waals surface area contributed by atoms with Crippen LogP contribution in [0.25, 0.3) is 0 Å². The zero-order valence-corrected chi connectivity index (χ0v) is 14.7. The molecule has 0 saturated heterocycles. The Morgan fingerprint density at radius 2 is 1.76 bits per heavy atom. The third-order valence-corrected chi connectivity index (χ3v) is 5.05. The Morgan fingerprint density at radius 1 is 1.18 bits per heavy atom. The maximum absolute atomic E-state index is 2.41. The molecule has 0 bridgehead atoms. The van der Waals surface area contributed by atoms with Gasteiger partial charge in [0.15, 0.2) is 0 Å². The van der Waals surface area contributed by atoms with Gasteiger partial charge in [0.05, 0.1) is 0 Å². The monoisotopic (exact) mass is 345 g/mol. The van der Waals surface area contributed by atoms with Gasteiger partial charge in [-0.25, -0.2) is 0 Å². The minimum Gasteiger partial charge on any atom is -1.00 e. The van der Waals surface area contributed by atoms with Crippen LogP contribution in [-0.2, 0) is 24.7 Å². The average Bonchev–Trinajstić information content (AvgIpc) is 2.56. The quantitative estimate of drug-likeness (QED) is 0.518. The average molecular weight is 347 g/mol. The standard InChI is InChI=1S/C14H17.2ClH.Zr/c1-9-5-11(3)13(7-9)14-8-10(2)6-12(14)4;;;/h5-6,10H,7H2,1-4H3;2*1H;/q;;;+2/p-2. The fourth-order valence-corrected chi connectivity index (χ4v) is 3.65. The topological polar surface area (TPSA) is 0 Å². The Morgan fingerprint density at radius 3 is 2.12 bits per heavy atom. The van der Waals surface area contributed by atoms with Gasteiger partial charge in [-0.3, -0.25) is 0 Å². The van der Waals surface area contributed by atoms with Crippen molar-refractivity contribution in [2.45, 2.75) is 34.1 Å². The first kappa shape index (κ1) is 17.4. The third kappa shape index (κ3) is 3.25. The molecular weight excluding hydrogens is 330 g/mol. The van der Waals surface area contributed by atoms with Gasteiger partial charge in [-0.05, 0) is 0 Å². The largest absolute Gasteiger partial charge is 1.00 e. The Labute approximate surface area is 132 Å². The SMILES string of the molecule is CC1=CC(C)=C(C2=[C]([Zr+2])C(C)C=C2C)C1.[Cl-].[Cl-]. The summed E-state index contributed by atoms with van der Waals surface area (Å²) < 4.78 is 1.64. The molecule has 0 aromatic rings. The molecule has 0 saturated carbocycles. The Bertz CT molecular complexity index is 439. The summed E-state index contributed by atoms with van der Waals surface area (Å²) in [5.41, 5.74) is 7.63. The molecule has 0 nitrogen and oxygen atoms in total. The van der Waals surface area contributed by atoms with Gasteiger partial charge >= 0.3 is 108 Å². The summed E-state index contributed by atoms with van der Waals surface area (Å²) >= 11 is 1.58. The summed E-state index contributed by atoms with van der Waals surface area (Å²) in [5.74, 6) is 0.666. The molecule has 0 radical (unpaired) electrons. The predicted molar refractivity (Wildman–Crippen MR) is 61.0 cm³/mol. The minimum absolute atomic E-state index is 0. The smallest absolute Gasteiger partial charge is 1.00 e. The first-order valence-corrected chi connectivity index (χ1v) is 6.75. The normalized spacial score (nSPS) is 23.3. The van der Waals surface area contributed by atoms with E-state index in [2.05, 4.69) is 39.8 Å². The Hall–Kier alpha value is 0.423. The fraction of sp³-hybridized carbons (Fsp3) is 0.429. The van der Waals surface area contributed by atoms with Gasteiger partial charge < -0.3 is 24.8 Å². The molecule has 17 heavy (non-hydrogen) atoms. The second kappa shape index (κ2) is 6.55. The van der Waals surface area contributed by atoms with Crippen LogP contribution in [0.5, 0.6) is 0 Å². The molecule has 0 spiro atoms. The van der Waals surface area contributed by atoms with Gasteiger partial charge in [0.2, 0.25) is 0 Å². The Balaban J connectivity index is 0.00000128. The summed E-state index contributed by atoms with van der Waals surface area (Å²) in [6.45, 7) is 9.05. The van der Waals surface area contributed by atoms with E-state index in [-0.39, 0.29) is 24.8 Å². The molecule has 1 atom stereocenters. The summed E-state index contributed by atoms with van der Waals surface area (Å²) in [7, 11) is 0. The molecule has 2 aliphatic carbocycles. The molecule has 0 N–H and O–H groups in total. The van der Waals surface area contributed by atoms with E-state index >= 15 is 0 Å². The van der Waals surface area contributed by atoms with Crippen LogP contribution in [-0.4, -0.2) is 0 Å². The van der Waals surface area contributed by atoms with Crippen molar-refractivity contribution in [2.24, 2.45) is 5.92 Å². The van der Waals surface area contributed by atoms with Gasteiger partial charge in [0.1, 0.15) is 0 Å². The van der Waals surface area contributed by atoms with Crippen LogP contribution in [0.2, 0.25) is 0 Å². The molecule has 2 aliphatic rings. The van der Waals surface area contributed by atoms with E-state index < -0.39 is 0 Å². The van der Waals surface area contributed by atoms with Crippen molar-refractivity contribution in [1.29, 1.82) is 0 Å². The van der Waals surface area contributed by atoms with Crippen LogP contribution in [0.4, 0.5) is 0 Å². The van der Waals surface area contributed by atoms with Crippen LogP contribution >= 0.6 is 0 Å². The van der Waals surface area contributed by atoms with Gasteiger partial charge in [0, 0.05) is 0 Å². The van der Waals surface area contributed by atoms with E-state index in [4.69, 9.17) is 0 Å². The number of hydrogen-bond donors (Lipinski definition) is 0. The molecule has 3 heteroatoms. The number of allylic oxidation sites excluding steroid dienone is 8. The van der Waals surface area contributed by atoms with Gasteiger partial charge in [-0.2, -0.15) is 0 Å². The molecule has 0 aromatic heterocycles. The van der Waals surface area contributed by atoms with Crippen molar-refractivity contribution in [2.75, 3.05) is 0 Å². The molecule has 0 amide bonds. The number of hydrogen-bond acceptors (Lipinski definition) is 0. The van der Waals surface area contributed by atoms with Gasteiger partial charge in [-0.1, -0.05) is 0 Å². The second-order valence-electron chi connectivity index (χ2n) is 4.76. The van der Waals surface area contributed by atoms with E-state index in [9.17, 15) is 0 Å². The zero-order chi connectivity index (χ0) is 11.2. The maximum atomic E-state index is 2.41. The van der Waals surface area contributed by atoms with E-state index in [1.807, 2.05) is 0 Å². The van der Waals surface area contributed by atoms with Crippen molar-refractivity contribution >= 4 is 0 Å². The molecule has 0 aromatic carbocycles. The van der Waals surface area contributed by atoms with Gasteiger partial charge in [0.25, 0.3) is 0 Å². The fourth-order valence-electron chi connectivity index (χ4n) is 2.59. The summed E-state index contributed by atoms with van der Waals surface area (Å²) in [4.78, 5) is 0. The zero-order valence-electron chi connectivity index (χ0n) is 10.7. The predicted octanol–water partition coefficient (Wildman–Crippen LogP) is -1.94. The summed E-state index contributed by atoms with van der Waals surface area (Å²) in [5, 5.41) is 0. The van der Waals surface area contributed by atoms with Crippen molar-refractivity contribution < 1.29 is 49.5 Å². The molecular formula is C14H17Cl2Zr. The number of rotatable bonds is 1. The first-order chi connectivity index (χ1) is 7.00. The van der Waals surface area contributed by atoms with E-state index in [1.54, 1.807) is 39.1 Å². The van der Waals surface area contributed by atoms with Crippen LogP contribution in [0.3, 0.4) is 0 Å². The summed E-state index contributed by atoms with van der Waals surface area (Å²) in [6.07, 6.45) is 5.91.